The Morgan fingerprint density at radius 3 is 2.31 bits per heavy atom. The number of anilines is 1. The predicted octanol–water partition coefficient (Wildman–Crippen LogP) is 5.69. The molecule has 0 aromatic heterocycles. The molecule has 1 amide bonds. The van der Waals surface area contributed by atoms with Crippen LogP contribution < -0.4 is 14.8 Å². The topological polar surface area (TPSA) is 84.9 Å². The molecule has 3 aliphatic heterocycles. The molecule has 4 atom stereocenters. The van der Waals surface area contributed by atoms with E-state index in [1.165, 1.54) is 0 Å². The summed E-state index contributed by atoms with van der Waals surface area (Å²) >= 11 is 0. The molecule has 1 fully saturated rings. The van der Waals surface area contributed by atoms with Crippen molar-refractivity contribution in [3.63, 3.8) is 0 Å². The lowest BCUT2D eigenvalue weighted by Crippen LogP contribution is -2.49. The van der Waals surface area contributed by atoms with Crippen molar-refractivity contribution in [1.82, 2.24) is 4.90 Å². The molecule has 0 saturated carbocycles. The first kappa shape index (κ1) is 25.8. The van der Waals surface area contributed by atoms with Crippen molar-refractivity contribution in [2.24, 2.45) is 5.92 Å². The number of hydrogen-bond donors (Lipinski definition) is 1. The highest BCUT2D eigenvalue weighted by Crippen LogP contribution is 2.62. The van der Waals surface area contributed by atoms with Crippen LogP contribution in [0.5, 0.6) is 11.5 Å². The van der Waals surface area contributed by atoms with Gasteiger partial charge in [0.15, 0.2) is 11.6 Å². The number of para-hydroxylation sites is 1. The molecule has 7 nitrogen and oxygen atoms in total. The number of benzene rings is 4. The van der Waals surface area contributed by atoms with Gasteiger partial charge in [-0.2, -0.15) is 0 Å². The quantitative estimate of drug-likeness (QED) is 0.308. The number of hydrogen-bond acceptors (Lipinski definition) is 6. The molecule has 208 valence electrons. The lowest BCUT2D eigenvalue weighted by atomic mass is 9.62. The molecule has 0 unspecified atom stereocenters. The zero-order valence-corrected chi connectivity index (χ0v) is 23.1. The molecule has 3 heterocycles. The summed E-state index contributed by atoms with van der Waals surface area (Å²) in [5.41, 5.74) is 2.62. The Labute approximate surface area is 243 Å². The van der Waals surface area contributed by atoms with E-state index in [1.54, 1.807) is 62.8 Å². The van der Waals surface area contributed by atoms with Crippen molar-refractivity contribution in [2.45, 2.75) is 17.5 Å². The van der Waals surface area contributed by atoms with Crippen LogP contribution in [0.2, 0.25) is 0 Å². The van der Waals surface area contributed by atoms with Gasteiger partial charge >= 0.3 is 0 Å². The van der Waals surface area contributed by atoms with Gasteiger partial charge in [0.05, 0.1) is 26.2 Å². The fraction of sp³-hybridized carbons (Fsp3) is 0.171. The van der Waals surface area contributed by atoms with Crippen molar-refractivity contribution in [3.8, 4) is 11.5 Å². The SMILES string of the molecule is COc1ccc(C(=O)[C@@H]2[C@H](C(=O)c3cccc(OC)c3)N3C=Cc4ccccc4[C@@H]3[C@]23C(=O)Nc2ccccc23)cc1. The molecule has 4 aromatic rings. The van der Waals surface area contributed by atoms with Gasteiger partial charge in [-0.1, -0.05) is 54.6 Å². The van der Waals surface area contributed by atoms with Crippen LogP contribution in [-0.4, -0.2) is 42.6 Å². The number of rotatable bonds is 6. The van der Waals surface area contributed by atoms with E-state index < -0.39 is 23.4 Å². The van der Waals surface area contributed by atoms with Crippen molar-refractivity contribution in [2.75, 3.05) is 19.5 Å². The number of methoxy groups -OCH3 is 2. The first-order chi connectivity index (χ1) is 20.5. The smallest absolute Gasteiger partial charge is 0.238 e. The predicted molar refractivity (Wildman–Crippen MR) is 159 cm³/mol. The molecule has 7 rings (SSSR count). The molecule has 0 bridgehead atoms. The van der Waals surface area contributed by atoms with Crippen LogP contribution in [0.25, 0.3) is 6.08 Å². The molecule has 0 aliphatic carbocycles. The Hall–Kier alpha value is -5.17. The highest BCUT2D eigenvalue weighted by atomic mass is 16.5. The van der Waals surface area contributed by atoms with Gasteiger partial charge in [0.25, 0.3) is 0 Å². The Balaban J connectivity index is 1.52. The Morgan fingerprint density at radius 1 is 0.786 bits per heavy atom. The molecular formula is C35H28N2O5. The normalized spacial score (nSPS) is 23.1. The number of amides is 1. The van der Waals surface area contributed by atoms with Crippen molar-refractivity contribution in [1.29, 1.82) is 0 Å². The number of ketones is 2. The number of ether oxygens (including phenoxy) is 2. The van der Waals surface area contributed by atoms with Gasteiger partial charge in [0, 0.05) is 23.0 Å². The van der Waals surface area contributed by atoms with E-state index in [0.717, 1.165) is 11.1 Å². The summed E-state index contributed by atoms with van der Waals surface area (Å²) < 4.78 is 10.7. The van der Waals surface area contributed by atoms with Crippen LogP contribution in [0.15, 0.2) is 103 Å². The number of Topliss-reactive ketones (excluding diaryl/α,β-unsaturated/α-hetero) is 2. The van der Waals surface area contributed by atoms with E-state index >= 15 is 0 Å². The van der Waals surface area contributed by atoms with E-state index in [0.29, 0.717) is 33.9 Å². The van der Waals surface area contributed by atoms with Gasteiger partial charge < -0.3 is 19.7 Å². The van der Waals surface area contributed by atoms with E-state index in [1.807, 2.05) is 65.7 Å². The maximum atomic E-state index is 14.8. The van der Waals surface area contributed by atoms with Crippen molar-refractivity contribution in [3.05, 3.63) is 131 Å². The standard InChI is InChI=1S/C35H28N2O5/c1-41-24-16-14-22(15-17-24)31(38)29-30(32(39)23-9-7-10-25(20-23)42-2)37-19-18-21-8-3-4-11-26(21)33(37)35(29)27-12-5-6-13-28(27)36-34(35)40/h3-20,29-30,33H,1-2H3,(H,36,40)/t29-,30+,33+,35+/m0/s1. The number of fused-ring (bicyclic) bond motifs is 6. The number of nitrogens with zero attached hydrogens (tertiary/aromatic N) is 1. The summed E-state index contributed by atoms with van der Waals surface area (Å²) in [6.45, 7) is 0. The molecule has 1 saturated heterocycles. The fourth-order valence-electron chi connectivity index (χ4n) is 7.05. The van der Waals surface area contributed by atoms with Crippen molar-refractivity contribution >= 4 is 29.2 Å². The van der Waals surface area contributed by atoms with Crippen LogP contribution >= 0.6 is 0 Å². The second-order valence-corrected chi connectivity index (χ2v) is 10.8. The molecule has 42 heavy (non-hydrogen) atoms. The molecule has 0 radical (unpaired) electrons. The van der Waals surface area contributed by atoms with Gasteiger partial charge in [-0.25, -0.2) is 0 Å². The van der Waals surface area contributed by atoms with Crippen LogP contribution in [0.1, 0.15) is 43.4 Å². The number of carbonyl (C=O) groups excluding carboxylic acids is 3. The number of carbonyl (C=O) groups is 3. The Kier molecular flexibility index (Phi) is 5.97. The molecule has 1 spiro atoms. The van der Waals surface area contributed by atoms with Crippen LogP contribution in [0, 0.1) is 5.92 Å². The zero-order chi connectivity index (χ0) is 29.0. The monoisotopic (exact) mass is 556 g/mol. The summed E-state index contributed by atoms with van der Waals surface area (Å²) in [5, 5.41) is 3.07. The maximum absolute atomic E-state index is 14.8. The maximum Gasteiger partial charge on any atom is 0.238 e. The lowest BCUT2D eigenvalue weighted by molar-refractivity contribution is -0.122. The minimum atomic E-state index is -1.38. The molecule has 1 N–H and O–H groups in total. The van der Waals surface area contributed by atoms with Gasteiger partial charge in [0.2, 0.25) is 5.91 Å². The van der Waals surface area contributed by atoms with Crippen LogP contribution in [-0.2, 0) is 10.2 Å². The van der Waals surface area contributed by atoms with E-state index in [4.69, 9.17) is 9.47 Å². The summed E-state index contributed by atoms with van der Waals surface area (Å²) in [6, 6.07) is 27.5. The third-order valence-corrected chi connectivity index (χ3v) is 8.85. The zero-order valence-electron chi connectivity index (χ0n) is 23.1. The van der Waals surface area contributed by atoms with E-state index in [-0.39, 0.29) is 17.5 Å². The molecule has 7 heteroatoms. The molecule has 4 aromatic carbocycles. The van der Waals surface area contributed by atoms with Gasteiger partial charge in [-0.05, 0) is 65.2 Å². The van der Waals surface area contributed by atoms with Gasteiger partial charge in [-0.15, -0.1) is 0 Å². The largest absolute Gasteiger partial charge is 0.497 e. The number of nitrogens with one attached hydrogen (secondary N) is 1. The third kappa shape index (κ3) is 3.56. The highest BCUT2D eigenvalue weighted by molar-refractivity contribution is 6.16. The van der Waals surface area contributed by atoms with Crippen LogP contribution in [0.3, 0.4) is 0 Å². The van der Waals surface area contributed by atoms with E-state index in [2.05, 4.69) is 5.32 Å². The van der Waals surface area contributed by atoms with Gasteiger partial charge in [-0.3, -0.25) is 14.4 Å². The Morgan fingerprint density at radius 2 is 1.52 bits per heavy atom. The summed E-state index contributed by atoms with van der Waals surface area (Å²) in [4.78, 5) is 45.9. The highest BCUT2D eigenvalue weighted by Gasteiger charge is 2.70. The van der Waals surface area contributed by atoms with Crippen LogP contribution in [0.4, 0.5) is 5.69 Å². The second-order valence-electron chi connectivity index (χ2n) is 10.8. The first-order valence-electron chi connectivity index (χ1n) is 13.8. The van der Waals surface area contributed by atoms with E-state index in [9.17, 15) is 14.4 Å². The lowest BCUT2D eigenvalue weighted by Gasteiger charge is -2.38. The summed E-state index contributed by atoms with van der Waals surface area (Å²) in [6.07, 6.45) is 3.82. The van der Waals surface area contributed by atoms with Crippen molar-refractivity contribution < 1.29 is 23.9 Å². The minimum Gasteiger partial charge on any atom is -0.497 e. The fourth-order valence-corrected chi connectivity index (χ4v) is 7.05. The third-order valence-electron chi connectivity index (χ3n) is 8.85. The average molecular weight is 557 g/mol. The molecule has 3 aliphatic rings. The summed E-state index contributed by atoms with van der Waals surface area (Å²) in [5.74, 6) is -0.748. The Bertz CT molecular complexity index is 1780. The first-order valence-corrected chi connectivity index (χ1v) is 13.8. The second kappa shape index (κ2) is 9.73. The average Bonchev–Trinajstić information content (AvgIpc) is 3.52. The minimum absolute atomic E-state index is 0.260. The molecular weight excluding hydrogens is 528 g/mol. The van der Waals surface area contributed by atoms with Gasteiger partial charge in [0.1, 0.15) is 23.0 Å². The summed E-state index contributed by atoms with van der Waals surface area (Å²) in [7, 11) is 3.11.